The van der Waals surface area contributed by atoms with Crippen molar-refractivity contribution in [2.75, 3.05) is 0 Å². The molecule has 0 aliphatic heterocycles. The van der Waals surface area contributed by atoms with Gasteiger partial charge in [-0.2, -0.15) is 0 Å². The van der Waals surface area contributed by atoms with Gasteiger partial charge in [-0.1, -0.05) is 19.9 Å². The minimum Gasteiger partial charge on any atom is -0.368 e. The van der Waals surface area contributed by atoms with Gasteiger partial charge in [-0.05, 0) is 30.5 Å². The predicted molar refractivity (Wildman–Crippen MR) is 77.1 cm³/mol. The van der Waals surface area contributed by atoms with E-state index in [-0.39, 0.29) is 17.7 Å². The zero-order valence-corrected chi connectivity index (χ0v) is 12.1. The van der Waals surface area contributed by atoms with Crippen molar-refractivity contribution in [3.8, 4) is 0 Å². The van der Waals surface area contributed by atoms with E-state index in [1.165, 1.54) is 0 Å². The molecule has 2 rings (SSSR count). The van der Waals surface area contributed by atoms with Crippen molar-refractivity contribution in [3.05, 3.63) is 29.6 Å². The molecule has 0 spiro atoms. The molecule has 0 saturated heterocycles. The first-order valence-corrected chi connectivity index (χ1v) is 6.82. The van der Waals surface area contributed by atoms with E-state index in [0.717, 1.165) is 16.6 Å². The molecular formula is C14H18ClN3O. The number of nitrogens with zero attached hydrogens (tertiary/aromatic N) is 2. The monoisotopic (exact) mass is 279 g/mol. The Kier molecular flexibility index (Phi) is 3.80. The van der Waals surface area contributed by atoms with Crippen LogP contribution in [0, 0.1) is 12.8 Å². The lowest BCUT2D eigenvalue weighted by Gasteiger charge is -2.21. The summed E-state index contributed by atoms with van der Waals surface area (Å²) in [5, 5.41) is 0. The van der Waals surface area contributed by atoms with E-state index in [2.05, 4.69) is 4.98 Å². The van der Waals surface area contributed by atoms with Crippen molar-refractivity contribution < 1.29 is 4.79 Å². The van der Waals surface area contributed by atoms with Crippen LogP contribution in [0.5, 0.6) is 0 Å². The Morgan fingerprint density at radius 1 is 1.47 bits per heavy atom. The van der Waals surface area contributed by atoms with E-state index in [9.17, 15) is 4.79 Å². The van der Waals surface area contributed by atoms with Crippen LogP contribution in [0.25, 0.3) is 11.0 Å². The summed E-state index contributed by atoms with van der Waals surface area (Å²) in [5.74, 6) is 0.656. The first kappa shape index (κ1) is 13.9. The maximum Gasteiger partial charge on any atom is 0.240 e. The van der Waals surface area contributed by atoms with Crippen LogP contribution in [-0.2, 0) is 10.7 Å². The second-order valence-corrected chi connectivity index (χ2v) is 5.38. The number of halogens is 1. The van der Waals surface area contributed by atoms with Gasteiger partial charge in [-0.15, -0.1) is 11.6 Å². The number of primary amides is 1. The fraction of sp³-hybridized carbons (Fsp3) is 0.429. The first-order valence-electron chi connectivity index (χ1n) is 6.28. The van der Waals surface area contributed by atoms with Gasteiger partial charge in [0.2, 0.25) is 5.91 Å². The fourth-order valence-corrected chi connectivity index (χ4v) is 2.61. The molecule has 4 nitrogen and oxygen atoms in total. The summed E-state index contributed by atoms with van der Waals surface area (Å²) in [6.07, 6.45) is 0. The highest BCUT2D eigenvalue weighted by molar-refractivity contribution is 6.17. The van der Waals surface area contributed by atoms with Gasteiger partial charge in [0.15, 0.2) is 0 Å². The molecule has 1 aromatic carbocycles. The molecular weight excluding hydrogens is 262 g/mol. The van der Waals surface area contributed by atoms with Crippen molar-refractivity contribution in [1.29, 1.82) is 0 Å². The molecule has 1 aromatic heterocycles. The summed E-state index contributed by atoms with van der Waals surface area (Å²) in [6.45, 7) is 5.94. The third-order valence-electron chi connectivity index (χ3n) is 3.24. The molecule has 0 bridgehead atoms. The highest BCUT2D eigenvalue weighted by atomic mass is 35.5. The third kappa shape index (κ3) is 2.45. The smallest absolute Gasteiger partial charge is 0.240 e. The summed E-state index contributed by atoms with van der Waals surface area (Å²) < 4.78 is 1.87. The lowest BCUT2D eigenvalue weighted by Crippen LogP contribution is -2.31. The van der Waals surface area contributed by atoms with Crippen LogP contribution in [0.2, 0.25) is 0 Å². The van der Waals surface area contributed by atoms with Crippen LogP contribution in [0.1, 0.15) is 31.3 Å². The molecule has 1 atom stereocenters. The minimum atomic E-state index is -0.429. The fourth-order valence-electron chi connectivity index (χ4n) is 2.42. The lowest BCUT2D eigenvalue weighted by molar-refractivity contribution is -0.122. The Bertz CT molecular complexity index is 618. The molecule has 19 heavy (non-hydrogen) atoms. The number of carbonyl (C=O) groups is 1. The standard InChI is InChI=1S/C14H18ClN3O/c1-8(2)13(14(16)19)18-11-5-4-9(3)6-10(11)17-12(18)7-15/h4-6,8,13H,7H2,1-3H3,(H2,16,19). The maximum atomic E-state index is 11.7. The van der Waals surface area contributed by atoms with E-state index in [1.54, 1.807) is 0 Å². The third-order valence-corrected chi connectivity index (χ3v) is 3.48. The number of carbonyl (C=O) groups excluding carboxylic acids is 1. The molecule has 1 amide bonds. The van der Waals surface area contributed by atoms with Crippen molar-refractivity contribution in [2.45, 2.75) is 32.7 Å². The Morgan fingerprint density at radius 2 is 2.16 bits per heavy atom. The largest absolute Gasteiger partial charge is 0.368 e. The quantitative estimate of drug-likeness (QED) is 0.875. The molecule has 0 aliphatic carbocycles. The van der Waals surface area contributed by atoms with Crippen LogP contribution in [0.3, 0.4) is 0 Å². The number of amides is 1. The number of aromatic nitrogens is 2. The number of fused-ring (bicyclic) bond motifs is 1. The number of aryl methyl sites for hydroxylation is 1. The van der Waals surface area contributed by atoms with E-state index in [0.29, 0.717) is 5.82 Å². The van der Waals surface area contributed by atoms with E-state index < -0.39 is 6.04 Å². The minimum absolute atomic E-state index is 0.0816. The molecule has 102 valence electrons. The van der Waals surface area contributed by atoms with Crippen molar-refractivity contribution >= 4 is 28.5 Å². The van der Waals surface area contributed by atoms with Gasteiger partial charge in [0.05, 0.1) is 16.9 Å². The van der Waals surface area contributed by atoms with E-state index in [1.807, 2.05) is 43.5 Å². The number of nitrogens with two attached hydrogens (primary N) is 1. The highest BCUT2D eigenvalue weighted by Crippen LogP contribution is 2.27. The topological polar surface area (TPSA) is 60.9 Å². The zero-order valence-electron chi connectivity index (χ0n) is 11.4. The zero-order chi connectivity index (χ0) is 14.2. The molecule has 2 N–H and O–H groups in total. The van der Waals surface area contributed by atoms with Gasteiger partial charge in [0.25, 0.3) is 0 Å². The normalized spacial score (nSPS) is 13.1. The SMILES string of the molecule is Cc1ccc2c(c1)nc(CCl)n2C(C(N)=O)C(C)C. The van der Waals surface area contributed by atoms with Crippen molar-refractivity contribution in [1.82, 2.24) is 9.55 Å². The number of hydrogen-bond donors (Lipinski definition) is 1. The molecule has 0 aliphatic rings. The van der Waals surface area contributed by atoms with Crippen molar-refractivity contribution in [2.24, 2.45) is 11.7 Å². The number of alkyl halides is 1. The van der Waals surface area contributed by atoms with Crippen LogP contribution in [-0.4, -0.2) is 15.5 Å². The second-order valence-electron chi connectivity index (χ2n) is 5.12. The number of imidazole rings is 1. The van der Waals surface area contributed by atoms with Gasteiger partial charge in [0.1, 0.15) is 11.9 Å². The lowest BCUT2D eigenvalue weighted by atomic mass is 10.0. The average Bonchev–Trinajstić information content (AvgIpc) is 2.66. The van der Waals surface area contributed by atoms with Crippen LogP contribution < -0.4 is 5.73 Å². The predicted octanol–water partition coefficient (Wildman–Crippen LogP) is 2.77. The molecule has 0 radical (unpaired) electrons. The number of rotatable bonds is 4. The molecule has 5 heteroatoms. The summed E-state index contributed by atoms with van der Waals surface area (Å²) in [6, 6.07) is 5.52. The summed E-state index contributed by atoms with van der Waals surface area (Å²) >= 11 is 5.96. The van der Waals surface area contributed by atoms with Gasteiger partial charge < -0.3 is 10.3 Å². The maximum absolute atomic E-state index is 11.7. The average molecular weight is 280 g/mol. The Balaban J connectivity index is 2.72. The molecule has 0 fully saturated rings. The molecule has 0 saturated carbocycles. The van der Waals surface area contributed by atoms with E-state index in [4.69, 9.17) is 17.3 Å². The van der Waals surface area contributed by atoms with Gasteiger partial charge in [-0.25, -0.2) is 4.98 Å². The van der Waals surface area contributed by atoms with Crippen LogP contribution in [0.4, 0.5) is 0 Å². The Hall–Kier alpha value is -1.55. The summed E-state index contributed by atoms with van der Waals surface area (Å²) in [4.78, 5) is 16.2. The van der Waals surface area contributed by atoms with Crippen molar-refractivity contribution in [3.63, 3.8) is 0 Å². The summed E-state index contributed by atoms with van der Waals surface area (Å²) in [5.41, 5.74) is 8.42. The molecule has 1 heterocycles. The van der Waals surface area contributed by atoms with Gasteiger partial charge in [-0.3, -0.25) is 4.79 Å². The number of hydrogen-bond acceptors (Lipinski definition) is 2. The Labute approximate surface area is 117 Å². The molecule has 2 aromatic rings. The van der Waals surface area contributed by atoms with Gasteiger partial charge >= 0.3 is 0 Å². The molecule has 1 unspecified atom stereocenters. The van der Waals surface area contributed by atoms with Crippen LogP contribution >= 0.6 is 11.6 Å². The highest BCUT2D eigenvalue weighted by Gasteiger charge is 2.26. The van der Waals surface area contributed by atoms with Gasteiger partial charge in [0, 0.05) is 0 Å². The number of benzene rings is 1. The Morgan fingerprint density at radius 3 is 2.68 bits per heavy atom. The van der Waals surface area contributed by atoms with E-state index >= 15 is 0 Å². The second kappa shape index (κ2) is 5.21. The first-order chi connectivity index (χ1) is 8.95. The van der Waals surface area contributed by atoms with Crippen LogP contribution in [0.15, 0.2) is 18.2 Å². The summed E-state index contributed by atoms with van der Waals surface area (Å²) in [7, 11) is 0.